The average Bonchev–Trinajstić information content (AvgIpc) is 3.27. The summed E-state index contributed by atoms with van der Waals surface area (Å²) in [4.78, 5) is 18.6. The summed E-state index contributed by atoms with van der Waals surface area (Å²) in [5, 5.41) is 12.7. The van der Waals surface area contributed by atoms with Crippen LogP contribution in [0.2, 0.25) is 0 Å². The molecule has 4 aromatic rings. The first-order valence-corrected chi connectivity index (χ1v) is 11.8. The summed E-state index contributed by atoms with van der Waals surface area (Å²) in [5.41, 5.74) is 6.30. The molecule has 1 amide bonds. The van der Waals surface area contributed by atoms with Crippen LogP contribution in [0, 0.1) is 20.8 Å². The largest absolute Gasteiger partial charge is 0.326 e. The van der Waals surface area contributed by atoms with E-state index in [0.29, 0.717) is 13.0 Å². The zero-order valence-electron chi connectivity index (χ0n) is 18.9. The molecule has 0 aliphatic carbocycles. The summed E-state index contributed by atoms with van der Waals surface area (Å²) >= 11 is 1.75. The van der Waals surface area contributed by atoms with Gasteiger partial charge in [-0.2, -0.15) is 0 Å². The first kappa shape index (κ1) is 21.3. The van der Waals surface area contributed by atoms with Gasteiger partial charge in [-0.25, -0.2) is 0 Å². The second-order valence-electron chi connectivity index (χ2n) is 8.24. The number of thiophene rings is 1. The molecule has 6 nitrogen and oxygen atoms in total. The molecule has 0 atom stereocenters. The third kappa shape index (κ3) is 4.12. The highest BCUT2D eigenvalue weighted by atomic mass is 32.1. The number of nitrogens with zero attached hydrogens (tertiary/aromatic N) is 4. The molecule has 0 fully saturated rings. The Labute approximate surface area is 197 Å². The lowest BCUT2D eigenvalue weighted by Gasteiger charge is -2.11. The Morgan fingerprint density at radius 3 is 2.55 bits per heavy atom. The van der Waals surface area contributed by atoms with Crippen LogP contribution in [0.4, 0.5) is 5.69 Å². The van der Waals surface area contributed by atoms with Gasteiger partial charge in [-0.3, -0.25) is 14.4 Å². The minimum atomic E-state index is 0.0124. The number of anilines is 1. The maximum atomic E-state index is 12.4. The van der Waals surface area contributed by atoms with Gasteiger partial charge in [0.1, 0.15) is 17.4 Å². The van der Waals surface area contributed by atoms with E-state index in [9.17, 15) is 4.79 Å². The Hall–Kier alpha value is -3.58. The third-order valence-corrected chi connectivity index (χ3v) is 7.20. The highest BCUT2D eigenvalue weighted by molar-refractivity contribution is 7.15. The molecule has 0 bridgehead atoms. The predicted octanol–water partition coefficient (Wildman–Crippen LogP) is 5.18. The normalized spacial score (nSPS) is 12.5. The highest BCUT2D eigenvalue weighted by Gasteiger charge is 2.26. The lowest BCUT2D eigenvalue weighted by atomic mass is 9.99. The van der Waals surface area contributed by atoms with Crippen molar-refractivity contribution in [3.63, 3.8) is 0 Å². The van der Waals surface area contributed by atoms with E-state index in [1.807, 2.05) is 61.5 Å². The van der Waals surface area contributed by atoms with E-state index in [1.165, 1.54) is 10.4 Å². The average molecular weight is 456 g/mol. The standard InChI is InChI=1S/C26H25N5OS/c1-16-17(2)33-26-24(16)25(27-15-22-30-29-18(3)31(22)26)20-10-12-21(13-11-20)28-23(32)14-9-19-7-5-4-6-8-19/h4-8,10-13H,9,14-15H2,1-3H3,(H,28,32). The Kier molecular flexibility index (Phi) is 5.64. The van der Waals surface area contributed by atoms with Gasteiger partial charge in [0.2, 0.25) is 5.91 Å². The van der Waals surface area contributed by atoms with Crippen LogP contribution in [0.1, 0.15) is 45.2 Å². The SMILES string of the molecule is Cc1sc2c(c1C)C(c1ccc(NC(=O)CCc3ccccc3)cc1)=NCc1nnc(C)n1-2. The molecule has 2 aromatic heterocycles. The molecule has 1 N–H and O–H groups in total. The molecular weight excluding hydrogens is 430 g/mol. The van der Waals surface area contributed by atoms with Crippen molar-refractivity contribution in [2.24, 2.45) is 4.99 Å². The summed E-state index contributed by atoms with van der Waals surface area (Å²) in [7, 11) is 0. The number of rotatable bonds is 5. The molecule has 0 radical (unpaired) electrons. The quantitative estimate of drug-likeness (QED) is 0.451. The fraction of sp³-hybridized carbons (Fsp3) is 0.231. The molecule has 1 aliphatic heterocycles. The lowest BCUT2D eigenvalue weighted by Crippen LogP contribution is -2.12. The number of aromatic nitrogens is 3. The monoisotopic (exact) mass is 455 g/mol. The maximum Gasteiger partial charge on any atom is 0.224 e. The van der Waals surface area contributed by atoms with E-state index in [1.54, 1.807) is 11.3 Å². The van der Waals surface area contributed by atoms with Crippen molar-refractivity contribution in [1.82, 2.24) is 14.8 Å². The molecule has 3 heterocycles. The smallest absolute Gasteiger partial charge is 0.224 e. The number of aryl methyl sites for hydroxylation is 3. The molecule has 0 saturated carbocycles. The number of hydrogen-bond donors (Lipinski definition) is 1. The van der Waals surface area contributed by atoms with E-state index in [-0.39, 0.29) is 5.91 Å². The molecule has 33 heavy (non-hydrogen) atoms. The number of amides is 1. The molecule has 1 aliphatic rings. The van der Waals surface area contributed by atoms with Gasteiger partial charge in [0.15, 0.2) is 5.82 Å². The van der Waals surface area contributed by atoms with Crippen LogP contribution in [0.5, 0.6) is 0 Å². The van der Waals surface area contributed by atoms with Gasteiger partial charge < -0.3 is 5.32 Å². The third-order valence-electron chi connectivity index (χ3n) is 6.00. The van der Waals surface area contributed by atoms with E-state index in [4.69, 9.17) is 4.99 Å². The number of benzene rings is 2. The van der Waals surface area contributed by atoms with E-state index < -0.39 is 0 Å². The van der Waals surface area contributed by atoms with E-state index >= 15 is 0 Å². The number of carbonyl (C=O) groups is 1. The van der Waals surface area contributed by atoms with Crippen LogP contribution >= 0.6 is 11.3 Å². The second-order valence-corrected chi connectivity index (χ2v) is 9.44. The van der Waals surface area contributed by atoms with Crippen LogP contribution in [0.3, 0.4) is 0 Å². The van der Waals surface area contributed by atoms with Crippen molar-refractivity contribution >= 4 is 28.6 Å². The van der Waals surface area contributed by atoms with Crippen LogP contribution in [-0.2, 0) is 17.8 Å². The summed E-state index contributed by atoms with van der Waals surface area (Å²) in [6.07, 6.45) is 1.18. The molecule has 0 saturated heterocycles. The molecule has 5 rings (SSSR count). The Morgan fingerprint density at radius 1 is 1.03 bits per heavy atom. The Balaban J connectivity index is 1.37. The fourth-order valence-electron chi connectivity index (χ4n) is 4.12. The maximum absolute atomic E-state index is 12.4. The van der Waals surface area contributed by atoms with Crippen molar-refractivity contribution in [3.05, 3.63) is 93.4 Å². The summed E-state index contributed by atoms with van der Waals surface area (Å²) in [6, 6.07) is 18.0. The molecule has 7 heteroatoms. The summed E-state index contributed by atoms with van der Waals surface area (Å²) < 4.78 is 2.12. The number of fused-ring (bicyclic) bond motifs is 3. The van der Waals surface area contributed by atoms with Gasteiger partial charge in [-0.05, 0) is 50.5 Å². The van der Waals surface area contributed by atoms with E-state index in [0.717, 1.165) is 51.2 Å². The van der Waals surface area contributed by atoms with Crippen molar-refractivity contribution in [3.8, 4) is 5.00 Å². The van der Waals surface area contributed by atoms with E-state index in [2.05, 4.69) is 33.9 Å². The zero-order valence-corrected chi connectivity index (χ0v) is 19.7. The molecular formula is C26H25N5OS. The lowest BCUT2D eigenvalue weighted by molar-refractivity contribution is -0.116. The number of hydrogen-bond acceptors (Lipinski definition) is 5. The minimum absolute atomic E-state index is 0.0124. The van der Waals surface area contributed by atoms with Crippen LogP contribution < -0.4 is 5.32 Å². The number of aliphatic imine (C=N–C) groups is 1. The molecule has 0 spiro atoms. The highest BCUT2D eigenvalue weighted by Crippen LogP contribution is 2.36. The minimum Gasteiger partial charge on any atom is -0.326 e. The Bertz CT molecular complexity index is 1350. The Morgan fingerprint density at radius 2 is 1.79 bits per heavy atom. The van der Waals surface area contributed by atoms with Gasteiger partial charge in [0, 0.05) is 28.1 Å². The number of nitrogens with one attached hydrogen (secondary N) is 1. The predicted molar refractivity (Wildman–Crippen MR) is 133 cm³/mol. The van der Waals surface area contributed by atoms with Crippen molar-refractivity contribution in [2.45, 2.75) is 40.2 Å². The number of carbonyl (C=O) groups excluding carboxylic acids is 1. The topological polar surface area (TPSA) is 72.2 Å². The fourth-order valence-corrected chi connectivity index (χ4v) is 5.35. The summed E-state index contributed by atoms with van der Waals surface area (Å²) in [6.45, 7) is 6.74. The van der Waals surface area contributed by atoms with Gasteiger partial charge in [-0.1, -0.05) is 42.5 Å². The van der Waals surface area contributed by atoms with Crippen LogP contribution in [0.15, 0.2) is 59.6 Å². The van der Waals surface area contributed by atoms with Crippen molar-refractivity contribution < 1.29 is 4.79 Å². The van der Waals surface area contributed by atoms with Gasteiger partial charge in [-0.15, -0.1) is 21.5 Å². The van der Waals surface area contributed by atoms with Crippen molar-refractivity contribution in [1.29, 1.82) is 0 Å². The molecule has 166 valence electrons. The van der Waals surface area contributed by atoms with Crippen LogP contribution in [-0.4, -0.2) is 26.4 Å². The molecule has 2 aromatic carbocycles. The summed E-state index contributed by atoms with van der Waals surface area (Å²) in [5.74, 6) is 1.74. The first-order chi connectivity index (χ1) is 16.0. The van der Waals surface area contributed by atoms with Gasteiger partial charge in [0.05, 0.1) is 5.71 Å². The van der Waals surface area contributed by atoms with Crippen molar-refractivity contribution in [2.75, 3.05) is 5.32 Å². The van der Waals surface area contributed by atoms with Gasteiger partial charge in [0.25, 0.3) is 0 Å². The zero-order chi connectivity index (χ0) is 22.9. The van der Waals surface area contributed by atoms with Gasteiger partial charge >= 0.3 is 0 Å². The van der Waals surface area contributed by atoms with Crippen LogP contribution in [0.25, 0.3) is 5.00 Å². The molecule has 0 unspecified atom stereocenters. The first-order valence-electron chi connectivity index (χ1n) is 11.0. The second kappa shape index (κ2) is 8.75.